The minimum atomic E-state index is -0.500. The Hall–Kier alpha value is -2.88. The summed E-state index contributed by atoms with van der Waals surface area (Å²) in [6, 6.07) is 7.93. The van der Waals surface area contributed by atoms with Crippen molar-refractivity contribution >= 4 is 23.1 Å². The average Bonchev–Trinajstić information content (AvgIpc) is 3.07. The molecule has 30 heavy (non-hydrogen) atoms. The Bertz CT molecular complexity index is 1060. The molecule has 4 heteroatoms. The Morgan fingerprint density at radius 3 is 1.23 bits per heavy atom. The van der Waals surface area contributed by atoms with E-state index in [0.29, 0.717) is 33.8 Å². The molecule has 0 atom stereocenters. The normalized spacial score (nSPS) is 18.3. The van der Waals surface area contributed by atoms with Crippen LogP contribution in [0.5, 0.6) is 11.5 Å². The van der Waals surface area contributed by atoms with E-state index in [4.69, 9.17) is 9.47 Å². The lowest BCUT2D eigenvalue weighted by Gasteiger charge is -2.22. The van der Waals surface area contributed by atoms with Gasteiger partial charge in [-0.25, -0.2) is 9.59 Å². The first-order valence-electron chi connectivity index (χ1n) is 10.3. The number of ether oxygens (including phenoxy) is 2. The van der Waals surface area contributed by atoms with E-state index < -0.39 is 11.9 Å². The van der Waals surface area contributed by atoms with E-state index in [1.54, 1.807) is 0 Å². The smallest absolute Gasteiger partial charge is 0.345 e. The number of carbonyl (C=O) groups is 2. The third-order valence-corrected chi connectivity index (χ3v) is 5.67. The number of benzene rings is 2. The van der Waals surface area contributed by atoms with Crippen molar-refractivity contribution in [3.05, 3.63) is 57.6 Å². The molecule has 0 aromatic heterocycles. The molecule has 0 unspecified atom stereocenters. The molecule has 0 saturated carbocycles. The number of hydrogen-bond donors (Lipinski definition) is 0. The molecule has 0 bridgehead atoms. The van der Waals surface area contributed by atoms with E-state index in [9.17, 15) is 9.59 Å². The van der Waals surface area contributed by atoms with Gasteiger partial charge in [0.2, 0.25) is 0 Å². The van der Waals surface area contributed by atoms with Crippen molar-refractivity contribution in [2.45, 2.75) is 66.2 Å². The molecule has 2 aromatic rings. The van der Waals surface area contributed by atoms with E-state index >= 15 is 0 Å². The van der Waals surface area contributed by atoms with Gasteiger partial charge < -0.3 is 9.47 Å². The van der Waals surface area contributed by atoms with Gasteiger partial charge in [-0.15, -0.1) is 0 Å². The van der Waals surface area contributed by atoms with Crippen LogP contribution in [0.15, 0.2) is 24.3 Å². The highest BCUT2D eigenvalue weighted by Gasteiger charge is 2.42. The van der Waals surface area contributed by atoms with Crippen molar-refractivity contribution in [1.82, 2.24) is 0 Å². The lowest BCUT2D eigenvalue weighted by atomic mass is 9.82. The zero-order valence-electron chi connectivity index (χ0n) is 18.9. The number of rotatable bonds is 0. The lowest BCUT2D eigenvalue weighted by molar-refractivity contribution is -0.129. The molecule has 0 radical (unpaired) electrons. The van der Waals surface area contributed by atoms with Gasteiger partial charge in [0, 0.05) is 22.3 Å². The first-order chi connectivity index (χ1) is 13.8. The van der Waals surface area contributed by atoms with E-state index in [1.807, 2.05) is 38.1 Å². The molecule has 156 valence electrons. The summed E-state index contributed by atoms with van der Waals surface area (Å²) in [7, 11) is 0. The van der Waals surface area contributed by atoms with Crippen LogP contribution in [0, 0.1) is 13.8 Å². The molecule has 2 aliphatic heterocycles. The van der Waals surface area contributed by atoms with Crippen molar-refractivity contribution < 1.29 is 19.1 Å². The van der Waals surface area contributed by atoms with Crippen LogP contribution in [-0.2, 0) is 20.4 Å². The second-order valence-electron chi connectivity index (χ2n) is 10.4. The van der Waals surface area contributed by atoms with Gasteiger partial charge in [-0.2, -0.15) is 0 Å². The van der Waals surface area contributed by atoms with Crippen LogP contribution in [0.2, 0.25) is 0 Å². The summed E-state index contributed by atoms with van der Waals surface area (Å²) in [4.78, 5) is 26.1. The quantitative estimate of drug-likeness (QED) is 0.324. The molecule has 0 saturated heterocycles. The van der Waals surface area contributed by atoms with Crippen molar-refractivity contribution in [1.29, 1.82) is 0 Å². The van der Waals surface area contributed by atoms with E-state index in [0.717, 1.165) is 22.3 Å². The summed E-state index contributed by atoms with van der Waals surface area (Å²) in [6.07, 6.45) is 0. The van der Waals surface area contributed by atoms with E-state index in [-0.39, 0.29) is 10.8 Å². The maximum Gasteiger partial charge on any atom is 0.345 e. The molecule has 0 amide bonds. The summed E-state index contributed by atoms with van der Waals surface area (Å²) < 4.78 is 11.5. The van der Waals surface area contributed by atoms with Crippen LogP contribution in [0.25, 0.3) is 11.1 Å². The zero-order chi connectivity index (χ0) is 22.2. The Morgan fingerprint density at radius 2 is 0.933 bits per heavy atom. The fourth-order valence-electron chi connectivity index (χ4n) is 4.23. The third kappa shape index (κ3) is 3.06. The molecule has 2 heterocycles. The SMILES string of the molecule is Cc1cc2c(c(C(C)(C)C)c1)OC(=O)C2=C1C(=O)Oc2c1cc(C)cc2C(C)(C)C. The van der Waals surface area contributed by atoms with Gasteiger partial charge >= 0.3 is 11.9 Å². The Balaban J connectivity index is 2.06. The van der Waals surface area contributed by atoms with E-state index in [1.165, 1.54) is 0 Å². The van der Waals surface area contributed by atoms with E-state index in [2.05, 4.69) is 41.5 Å². The molecule has 0 fully saturated rings. The number of hydrogen-bond acceptors (Lipinski definition) is 4. The fraction of sp³-hybridized carbons (Fsp3) is 0.385. The average molecular weight is 405 g/mol. The highest BCUT2D eigenvalue weighted by molar-refractivity contribution is 6.41. The maximum atomic E-state index is 13.0. The molecular weight excluding hydrogens is 376 g/mol. The molecule has 4 nitrogen and oxygen atoms in total. The molecule has 0 N–H and O–H groups in total. The topological polar surface area (TPSA) is 52.6 Å². The third-order valence-electron chi connectivity index (χ3n) is 5.67. The highest BCUT2D eigenvalue weighted by atomic mass is 16.5. The minimum Gasteiger partial charge on any atom is -0.422 e. The number of carbonyl (C=O) groups excluding carboxylic acids is 2. The maximum absolute atomic E-state index is 13.0. The van der Waals surface area contributed by atoms with Crippen LogP contribution in [0.1, 0.15) is 74.9 Å². The second-order valence-corrected chi connectivity index (χ2v) is 10.4. The number of fused-ring (bicyclic) bond motifs is 2. The molecule has 0 spiro atoms. The van der Waals surface area contributed by atoms with Gasteiger partial charge in [-0.1, -0.05) is 53.7 Å². The molecule has 2 aromatic carbocycles. The summed E-state index contributed by atoms with van der Waals surface area (Å²) in [5, 5.41) is 0. The first kappa shape index (κ1) is 20.4. The summed E-state index contributed by atoms with van der Waals surface area (Å²) in [6.45, 7) is 16.5. The van der Waals surface area contributed by atoms with Gasteiger partial charge in [-0.05, 0) is 47.9 Å². The lowest BCUT2D eigenvalue weighted by Crippen LogP contribution is -2.13. The summed E-state index contributed by atoms with van der Waals surface area (Å²) in [5.74, 6) is 0.0931. The van der Waals surface area contributed by atoms with Gasteiger partial charge in [0.15, 0.2) is 0 Å². The standard InChI is InChI=1S/C26H28O4/c1-13-9-15-19(23(27)29-21(15)17(11-13)25(3,4)5)20-16-10-14(2)12-18(26(6,7)8)22(16)30-24(20)28/h9-12H,1-8H3. The van der Waals surface area contributed by atoms with Crippen LogP contribution >= 0.6 is 0 Å². The molecule has 2 aliphatic rings. The summed E-state index contributed by atoms with van der Waals surface area (Å²) in [5.41, 5.74) is 5.46. The number of esters is 2. The minimum absolute atomic E-state index is 0.208. The number of aryl methyl sites for hydroxylation is 2. The van der Waals surface area contributed by atoms with Gasteiger partial charge in [0.25, 0.3) is 0 Å². The van der Waals surface area contributed by atoms with Crippen molar-refractivity contribution in [3.8, 4) is 11.5 Å². The second kappa shape index (κ2) is 6.31. The van der Waals surface area contributed by atoms with Gasteiger partial charge in [0.1, 0.15) is 11.5 Å². The monoisotopic (exact) mass is 404 g/mol. The van der Waals surface area contributed by atoms with Crippen LogP contribution < -0.4 is 9.47 Å². The predicted molar refractivity (Wildman–Crippen MR) is 118 cm³/mol. The molecule has 4 rings (SSSR count). The van der Waals surface area contributed by atoms with Crippen molar-refractivity contribution in [3.63, 3.8) is 0 Å². The molecule has 0 aliphatic carbocycles. The fourth-order valence-corrected chi connectivity index (χ4v) is 4.23. The van der Waals surface area contributed by atoms with Gasteiger partial charge in [0.05, 0.1) is 11.1 Å². The van der Waals surface area contributed by atoms with Gasteiger partial charge in [-0.3, -0.25) is 0 Å². The van der Waals surface area contributed by atoms with Crippen LogP contribution in [0.3, 0.4) is 0 Å². The van der Waals surface area contributed by atoms with Crippen molar-refractivity contribution in [2.24, 2.45) is 0 Å². The highest BCUT2D eigenvalue weighted by Crippen LogP contribution is 2.50. The molecular formula is C26H28O4. The largest absolute Gasteiger partial charge is 0.422 e. The van der Waals surface area contributed by atoms with Crippen molar-refractivity contribution in [2.75, 3.05) is 0 Å². The summed E-state index contributed by atoms with van der Waals surface area (Å²) >= 11 is 0. The van der Waals surface area contributed by atoms with Crippen LogP contribution in [-0.4, -0.2) is 11.9 Å². The Morgan fingerprint density at radius 1 is 0.600 bits per heavy atom. The first-order valence-corrected chi connectivity index (χ1v) is 10.3. The Labute approximate surface area is 177 Å². The predicted octanol–water partition coefficient (Wildman–Crippen LogP) is 5.65. The van der Waals surface area contributed by atoms with Crippen LogP contribution in [0.4, 0.5) is 0 Å². The Kier molecular flexibility index (Phi) is 4.29. The zero-order valence-corrected chi connectivity index (χ0v) is 18.9.